The summed E-state index contributed by atoms with van der Waals surface area (Å²) in [6, 6.07) is 4.33. The van der Waals surface area contributed by atoms with Crippen LogP contribution in [0.2, 0.25) is 0 Å². The fourth-order valence-electron chi connectivity index (χ4n) is 3.32. The van der Waals surface area contributed by atoms with E-state index in [1.807, 2.05) is 12.1 Å². The molecule has 21 heavy (non-hydrogen) atoms. The second-order valence-electron chi connectivity index (χ2n) is 5.75. The molecular formula is C15H17BrN2O3. The zero-order valence-electron chi connectivity index (χ0n) is 11.6. The molecule has 0 saturated carbocycles. The van der Waals surface area contributed by atoms with E-state index in [4.69, 9.17) is 9.47 Å². The topological polar surface area (TPSA) is 50.8 Å². The van der Waals surface area contributed by atoms with Crippen LogP contribution in [0.25, 0.3) is 0 Å². The molecule has 0 amide bonds. The summed E-state index contributed by atoms with van der Waals surface area (Å²) in [5.74, 6) is -0.232. The Morgan fingerprint density at radius 3 is 3.19 bits per heavy atom. The molecule has 2 fully saturated rings. The van der Waals surface area contributed by atoms with E-state index in [0.29, 0.717) is 18.2 Å². The van der Waals surface area contributed by atoms with Crippen LogP contribution in [0.3, 0.4) is 0 Å². The first-order chi connectivity index (χ1) is 10.2. The molecule has 3 aliphatic rings. The Balaban J connectivity index is 1.61. The third-order valence-corrected chi connectivity index (χ3v) is 5.49. The van der Waals surface area contributed by atoms with Crippen LogP contribution in [0.4, 0.5) is 0 Å². The van der Waals surface area contributed by atoms with E-state index in [2.05, 4.69) is 26.1 Å². The van der Waals surface area contributed by atoms with Gasteiger partial charge in [0.2, 0.25) is 0 Å². The summed E-state index contributed by atoms with van der Waals surface area (Å²) in [4.78, 5) is 14.1. The molecule has 1 aromatic carbocycles. The first kappa shape index (κ1) is 13.7. The number of esters is 1. The monoisotopic (exact) mass is 352 g/mol. The van der Waals surface area contributed by atoms with Gasteiger partial charge in [-0.3, -0.25) is 4.90 Å². The number of carbonyl (C=O) groups is 1. The van der Waals surface area contributed by atoms with Gasteiger partial charge in [0.15, 0.2) is 0 Å². The number of halogens is 1. The summed E-state index contributed by atoms with van der Waals surface area (Å²) >= 11 is 3.64. The number of cyclic esters (lactones) is 1. The maximum absolute atomic E-state index is 11.6. The molecule has 112 valence electrons. The number of morpholine rings is 1. The molecule has 0 aliphatic carbocycles. The molecule has 4 rings (SSSR count). The fourth-order valence-corrected chi connectivity index (χ4v) is 4.04. The Hall–Kier alpha value is -0.950. The van der Waals surface area contributed by atoms with Crippen molar-refractivity contribution in [2.45, 2.75) is 18.8 Å². The number of fused-ring (bicyclic) bond motifs is 2. The summed E-state index contributed by atoms with van der Waals surface area (Å²) in [6.45, 7) is 5.10. The van der Waals surface area contributed by atoms with Gasteiger partial charge < -0.3 is 14.8 Å². The third kappa shape index (κ3) is 2.30. The van der Waals surface area contributed by atoms with Crippen molar-refractivity contribution in [2.24, 2.45) is 0 Å². The van der Waals surface area contributed by atoms with Crippen molar-refractivity contribution in [1.82, 2.24) is 10.2 Å². The predicted molar refractivity (Wildman–Crippen MR) is 80.2 cm³/mol. The van der Waals surface area contributed by atoms with Crippen LogP contribution in [0.15, 0.2) is 16.6 Å². The van der Waals surface area contributed by atoms with Crippen LogP contribution in [0.1, 0.15) is 27.6 Å². The van der Waals surface area contributed by atoms with Crippen LogP contribution in [-0.2, 0) is 16.1 Å². The van der Waals surface area contributed by atoms with E-state index in [9.17, 15) is 4.79 Å². The van der Waals surface area contributed by atoms with Gasteiger partial charge in [0, 0.05) is 42.3 Å². The van der Waals surface area contributed by atoms with E-state index >= 15 is 0 Å². The number of nitrogens with one attached hydrogen (secondary N) is 1. The molecule has 0 spiro atoms. The lowest BCUT2D eigenvalue weighted by Crippen LogP contribution is -2.57. The number of piperazine rings is 1. The first-order valence-electron chi connectivity index (χ1n) is 7.29. The van der Waals surface area contributed by atoms with E-state index in [-0.39, 0.29) is 12.1 Å². The normalized spacial score (nSPS) is 28.9. The van der Waals surface area contributed by atoms with Gasteiger partial charge in [-0.25, -0.2) is 4.79 Å². The number of hydrogen-bond donors (Lipinski definition) is 1. The summed E-state index contributed by atoms with van der Waals surface area (Å²) < 4.78 is 12.1. The highest BCUT2D eigenvalue weighted by atomic mass is 79.9. The predicted octanol–water partition coefficient (Wildman–Crippen LogP) is 1.46. The third-order valence-electron chi connectivity index (χ3n) is 4.55. The van der Waals surface area contributed by atoms with Gasteiger partial charge in [-0.1, -0.05) is 6.07 Å². The summed E-state index contributed by atoms with van der Waals surface area (Å²) in [6.07, 6.45) is 0.0507. The van der Waals surface area contributed by atoms with Crippen LogP contribution >= 0.6 is 15.9 Å². The van der Waals surface area contributed by atoms with E-state index in [0.717, 1.165) is 48.4 Å². The van der Waals surface area contributed by atoms with Crippen LogP contribution < -0.4 is 5.32 Å². The average molecular weight is 353 g/mol. The quantitative estimate of drug-likeness (QED) is 0.775. The van der Waals surface area contributed by atoms with Crippen molar-refractivity contribution in [3.8, 4) is 0 Å². The molecule has 0 bridgehead atoms. The molecule has 2 unspecified atom stereocenters. The zero-order valence-corrected chi connectivity index (χ0v) is 13.2. The summed E-state index contributed by atoms with van der Waals surface area (Å²) in [7, 11) is 0. The Morgan fingerprint density at radius 1 is 1.38 bits per heavy atom. The molecule has 3 heterocycles. The van der Waals surface area contributed by atoms with Gasteiger partial charge in [-0.05, 0) is 27.6 Å². The Kier molecular flexibility index (Phi) is 3.49. The SMILES string of the molecule is O=C1OCc2c1ccc(C1CN3CCNCC3CO1)c2Br. The maximum Gasteiger partial charge on any atom is 0.338 e. The minimum absolute atomic E-state index is 0.0507. The molecule has 2 saturated heterocycles. The van der Waals surface area contributed by atoms with Gasteiger partial charge in [0.1, 0.15) is 6.61 Å². The smallest absolute Gasteiger partial charge is 0.338 e. The van der Waals surface area contributed by atoms with Gasteiger partial charge in [-0.15, -0.1) is 0 Å². The maximum atomic E-state index is 11.6. The Morgan fingerprint density at radius 2 is 2.29 bits per heavy atom. The van der Waals surface area contributed by atoms with Crippen LogP contribution in [0.5, 0.6) is 0 Å². The van der Waals surface area contributed by atoms with Crippen molar-refractivity contribution in [2.75, 3.05) is 32.8 Å². The number of benzene rings is 1. The van der Waals surface area contributed by atoms with Gasteiger partial charge in [0.25, 0.3) is 0 Å². The van der Waals surface area contributed by atoms with E-state index in [1.165, 1.54) is 0 Å². The number of carbonyl (C=O) groups excluding carboxylic acids is 1. The molecule has 1 aromatic rings. The van der Waals surface area contributed by atoms with Gasteiger partial charge >= 0.3 is 5.97 Å². The van der Waals surface area contributed by atoms with Crippen molar-refractivity contribution in [3.63, 3.8) is 0 Å². The molecule has 5 nitrogen and oxygen atoms in total. The van der Waals surface area contributed by atoms with E-state index < -0.39 is 0 Å². The number of nitrogens with zero attached hydrogens (tertiary/aromatic N) is 1. The average Bonchev–Trinajstić information content (AvgIpc) is 2.90. The van der Waals surface area contributed by atoms with Crippen molar-refractivity contribution < 1.29 is 14.3 Å². The second kappa shape index (κ2) is 5.35. The largest absolute Gasteiger partial charge is 0.457 e. The van der Waals surface area contributed by atoms with E-state index in [1.54, 1.807) is 0 Å². The van der Waals surface area contributed by atoms with Gasteiger partial charge in [-0.2, -0.15) is 0 Å². The number of ether oxygens (including phenoxy) is 2. The molecule has 2 atom stereocenters. The molecule has 0 aromatic heterocycles. The van der Waals surface area contributed by atoms with Crippen molar-refractivity contribution in [1.29, 1.82) is 0 Å². The highest BCUT2D eigenvalue weighted by Gasteiger charge is 2.34. The molecule has 3 aliphatic heterocycles. The van der Waals surface area contributed by atoms with Crippen molar-refractivity contribution in [3.05, 3.63) is 33.3 Å². The standard InChI is InChI=1S/C15H17BrN2O3/c16-14-11(2-1-10-12(14)8-21-15(10)19)13-6-18-4-3-17-5-9(18)7-20-13/h1-2,9,13,17H,3-8H2. The lowest BCUT2D eigenvalue weighted by molar-refractivity contribution is -0.0720. The zero-order chi connectivity index (χ0) is 14.4. The number of rotatable bonds is 1. The Bertz CT molecular complexity index is 593. The second-order valence-corrected chi connectivity index (χ2v) is 6.54. The minimum atomic E-state index is -0.232. The first-order valence-corrected chi connectivity index (χ1v) is 8.08. The number of hydrogen-bond acceptors (Lipinski definition) is 5. The highest BCUT2D eigenvalue weighted by Crippen LogP contribution is 2.36. The molecule has 6 heteroatoms. The van der Waals surface area contributed by atoms with Crippen molar-refractivity contribution >= 4 is 21.9 Å². The lowest BCUT2D eigenvalue weighted by Gasteiger charge is -2.43. The van der Waals surface area contributed by atoms with Crippen LogP contribution in [-0.4, -0.2) is 49.7 Å². The van der Waals surface area contributed by atoms with Gasteiger partial charge in [0.05, 0.1) is 18.3 Å². The fraction of sp³-hybridized carbons (Fsp3) is 0.533. The summed E-state index contributed by atoms with van der Waals surface area (Å²) in [5.41, 5.74) is 2.73. The molecule has 0 radical (unpaired) electrons. The summed E-state index contributed by atoms with van der Waals surface area (Å²) in [5, 5.41) is 3.40. The van der Waals surface area contributed by atoms with Crippen LogP contribution in [0, 0.1) is 0 Å². The minimum Gasteiger partial charge on any atom is -0.457 e. The molecular weight excluding hydrogens is 336 g/mol. The molecule has 1 N–H and O–H groups in total. The Labute approximate surface area is 131 Å². The highest BCUT2D eigenvalue weighted by molar-refractivity contribution is 9.10. The lowest BCUT2D eigenvalue weighted by atomic mass is 10.00.